The molecule has 2 N–H and O–H groups in total. The van der Waals surface area contributed by atoms with Gasteiger partial charge < -0.3 is 10.4 Å². The van der Waals surface area contributed by atoms with Gasteiger partial charge in [0.05, 0.1) is 10.5 Å². The predicted molar refractivity (Wildman–Crippen MR) is 129 cm³/mol. The van der Waals surface area contributed by atoms with Gasteiger partial charge in [-0.1, -0.05) is 30.0 Å². The van der Waals surface area contributed by atoms with Gasteiger partial charge in [0.15, 0.2) is 0 Å². The molecule has 186 valence electrons. The van der Waals surface area contributed by atoms with Crippen molar-refractivity contribution >= 4 is 63.5 Å². The van der Waals surface area contributed by atoms with Gasteiger partial charge in [0.1, 0.15) is 10.1 Å². The molecule has 0 spiro atoms. The molecular formula is C22H18F4N2O4S3. The largest absolute Gasteiger partial charge is 0.481 e. The van der Waals surface area contributed by atoms with Crippen molar-refractivity contribution in [3.8, 4) is 11.1 Å². The molecule has 1 aromatic heterocycles. The molecule has 13 heteroatoms. The number of thioether (sulfide) groups is 1. The van der Waals surface area contributed by atoms with Crippen LogP contribution < -0.4 is 5.32 Å². The standard InChI is InChI=1S/C22H18F4N2O4S3/c23-16-4-3-12(9-15(16)22(24,25)26)13-8-14(34-11-13)10-17-20(32)28(21(33)35-17)7-5-18(29)27-6-1-2-19(30)31/h3-4,8-11H,1-2,5-7H2,(H,27,29)(H,30,31). The first kappa shape index (κ1) is 26.8. The van der Waals surface area contributed by atoms with Gasteiger partial charge in [-0.2, -0.15) is 13.2 Å². The van der Waals surface area contributed by atoms with Crippen LogP contribution >= 0.6 is 35.3 Å². The maximum Gasteiger partial charge on any atom is 0.419 e. The van der Waals surface area contributed by atoms with Crippen LogP contribution in [0, 0.1) is 5.82 Å². The second kappa shape index (κ2) is 11.3. The van der Waals surface area contributed by atoms with Gasteiger partial charge in [0, 0.05) is 30.8 Å². The van der Waals surface area contributed by atoms with Crippen molar-refractivity contribution < 1.29 is 37.1 Å². The highest BCUT2D eigenvalue weighted by molar-refractivity contribution is 8.26. The number of nitrogens with zero attached hydrogens (tertiary/aromatic N) is 1. The number of alkyl halides is 3. The van der Waals surface area contributed by atoms with Gasteiger partial charge in [0.25, 0.3) is 5.91 Å². The summed E-state index contributed by atoms with van der Waals surface area (Å²) >= 11 is 7.48. The fourth-order valence-corrected chi connectivity index (χ4v) is 5.32. The SMILES string of the molecule is O=C(O)CCCNC(=O)CCN1C(=O)C(=Cc2cc(-c3ccc(F)c(C(F)(F)F)c3)cs2)SC1=S. The summed E-state index contributed by atoms with van der Waals surface area (Å²) in [4.78, 5) is 37.3. The Hall–Kier alpha value is -2.77. The van der Waals surface area contributed by atoms with E-state index in [1.165, 1.54) is 22.3 Å². The molecule has 1 aliphatic heterocycles. The lowest BCUT2D eigenvalue weighted by atomic mass is 10.0. The lowest BCUT2D eigenvalue weighted by Gasteiger charge is -2.14. The van der Waals surface area contributed by atoms with Crippen LogP contribution in [-0.4, -0.2) is 45.2 Å². The van der Waals surface area contributed by atoms with Gasteiger partial charge in [-0.3, -0.25) is 19.3 Å². The van der Waals surface area contributed by atoms with Crippen LogP contribution in [0.3, 0.4) is 0 Å². The van der Waals surface area contributed by atoms with E-state index in [1.54, 1.807) is 17.5 Å². The van der Waals surface area contributed by atoms with E-state index in [9.17, 15) is 31.9 Å². The third-order valence-electron chi connectivity index (χ3n) is 4.82. The number of amides is 2. The third-order valence-corrected chi connectivity index (χ3v) is 7.08. The number of rotatable bonds is 9. The number of halogens is 4. The molecule has 1 fully saturated rings. The van der Waals surface area contributed by atoms with Crippen LogP contribution in [0.4, 0.5) is 17.6 Å². The molecular weight excluding hydrogens is 528 g/mol. The predicted octanol–water partition coefficient (Wildman–Crippen LogP) is 5.15. The lowest BCUT2D eigenvalue weighted by molar-refractivity contribution is -0.140. The Morgan fingerprint density at radius 1 is 1.17 bits per heavy atom. The number of thiocarbonyl (C=S) groups is 1. The number of carboxylic acids is 1. The number of benzene rings is 1. The molecule has 0 aliphatic carbocycles. The zero-order chi connectivity index (χ0) is 25.8. The first-order valence-corrected chi connectivity index (χ1v) is 12.3. The monoisotopic (exact) mass is 546 g/mol. The minimum absolute atomic E-state index is 0.0119. The summed E-state index contributed by atoms with van der Waals surface area (Å²) in [7, 11) is 0. The third kappa shape index (κ3) is 7.12. The molecule has 0 unspecified atom stereocenters. The van der Waals surface area contributed by atoms with E-state index < -0.39 is 29.4 Å². The van der Waals surface area contributed by atoms with Crippen LogP contribution in [0.1, 0.15) is 29.7 Å². The van der Waals surface area contributed by atoms with Gasteiger partial charge in [-0.25, -0.2) is 4.39 Å². The van der Waals surface area contributed by atoms with Crippen molar-refractivity contribution in [2.75, 3.05) is 13.1 Å². The Balaban J connectivity index is 1.63. The van der Waals surface area contributed by atoms with Gasteiger partial charge in [0.2, 0.25) is 5.91 Å². The average Bonchev–Trinajstić information content (AvgIpc) is 3.34. The Bertz CT molecular complexity index is 1190. The zero-order valence-corrected chi connectivity index (χ0v) is 20.3. The first-order chi connectivity index (χ1) is 16.5. The second-order valence-corrected chi connectivity index (χ2v) is 9.98. The van der Waals surface area contributed by atoms with E-state index in [0.717, 1.165) is 23.9 Å². The molecule has 0 radical (unpaired) electrons. The van der Waals surface area contributed by atoms with Gasteiger partial charge in [-0.15, -0.1) is 11.3 Å². The number of carboxylic acid groups (broad SMARTS) is 1. The Morgan fingerprint density at radius 2 is 1.91 bits per heavy atom. The van der Waals surface area contributed by atoms with Crippen molar-refractivity contribution in [1.29, 1.82) is 0 Å². The maximum atomic E-state index is 13.6. The number of carbonyl (C=O) groups excluding carboxylic acids is 2. The highest BCUT2D eigenvalue weighted by Crippen LogP contribution is 2.37. The molecule has 35 heavy (non-hydrogen) atoms. The molecule has 2 heterocycles. The van der Waals surface area contributed by atoms with Gasteiger partial charge in [-0.05, 0) is 47.2 Å². The normalized spacial score (nSPS) is 15.2. The second-order valence-electron chi connectivity index (χ2n) is 7.36. The number of carbonyl (C=O) groups is 3. The molecule has 2 amide bonds. The van der Waals surface area contributed by atoms with Crippen molar-refractivity contribution in [1.82, 2.24) is 10.2 Å². The summed E-state index contributed by atoms with van der Waals surface area (Å²) in [6, 6.07) is 4.36. The highest BCUT2D eigenvalue weighted by Gasteiger charge is 2.34. The van der Waals surface area contributed by atoms with Crippen molar-refractivity contribution in [2.24, 2.45) is 0 Å². The van der Waals surface area contributed by atoms with Crippen LogP contribution in [0.5, 0.6) is 0 Å². The molecule has 1 aliphatic rings. The summed E-state index contributed by atoms with van der Waals surface area (Å²) in [5.41, 5.74) is -0.715. The molecule has 6 nitrogen and oxygen atoms in total. The topological polar surface area (TPSA) is 86.7 Å². The van der Waals surface area contributed by atoms with E-state index in [2.05, 4.69) is 5.32 Å². The molecule has 1 aromatic carbocycles. The Morgan fingerprint density at radius 3 is 2.60 bits per heavy atom. The van der Waals surface area contributed by atoms with E-state index in [-0.39, 0.29) is 41.7 Å². The van der Waals surface area contributed by atoms with Crippen LogP contribution in [0.25, 0.3) is 17.2 Å². The molecule has 0 atom stereocenters. The smallest absolute Gasteiger partial charge is 0.419 e. The van der Waals surface area contributed by atoms with Crippen molar-refractivity contribution in [2.45, 2.75) is 25.4 Å². The number of hydrogen-bond acceptors (Lipinski definition) is 6. The van der Waals surface area contributed by atoms with E-state index >= 15 is 0 Å². The summed E-state index contributed by atoms with van der Waals surface area (Å²) < 4.78 is 52.8. The Kier molecular flexibility index (Phi) is 8.67. The summed E-state index contributed by atoms with van der Waals surface area (Å²) in [5.74, 6) is -3.04. The molecule has 3 rings (SSSR count). The minimum atomic E-state index is -4.82. The van der Waals surface area contributed by atoms with E-state index in [1.807, 2.05) is 0 Å². The number of aliphatic carboxylic acids is 1. The quantitative estimate of drug-likeness (QED) is 0.196. The van der Waals surface area contributed by atoms with Crippen LogP contribution in [0.2, 0.25) is 0 Å². The zero-order valence-electron chi connectivity index (χ0n) is 17.9. The first-order valence-electron chi connectivity index (χ1n) is 10.1. The summed E-state index contributed by atoms with van der Waals surface area (Å²) in [6.07, 6.45) is -3.03. The Labute approximate surface area is 211 Å². The maximum absolute atomic E-state index is 13.6. The van der Waals surface area contributed by atoms with E-state index in [0.29, 0.717) is 21.8 Å². The molecule has 1 saturated heterocycles. The number of nitrogens with one attached hydrogen (secondary N) is 1. The number of thiophene rings is 1. The minimum Gasteiger partial charge on any atom is -0.481 e. The van der Waals surface area contributed by atoms with E-state index in [4.69, 9.17) is 17.3 Å². The van der Waals surface area contributed by atoms with Crippen LogP contribution in [-0.2, 0) is 20.6 Å². The number of hydrogen-bond donors (Lipinski definition) is 2. The highest BCUT2D eigenvalue weighted by atomic mass is 32.2. The van der Waals surface area contributed by atoms with Crippen LogP contribution in [0.15, 0.2) is 34.6 Å². The van der Waals surface area contributed by atoms with Crippen molar-refractivity contribution in [3.05, 3.63) is 50.8 Å². The molecule has 2 aromatic rings. The fourth-order valence-electron chi connectivity index (χ4n) is 3.09. The van der Waals surface area contributed by atoms with Crippen molar-refractivity contribution in [3.63, 3.8) is 0 Å². The molecule has 0 bridgehead atoms. The molecule has 0 saturated carbocycles. The summed E-state index contributed by atoms with van der Waals surface area (Å²) in [6.45, 7) is 0.265. The average molecular weight is 547 g/mol. The summed E-state index contributed by atoms with van der Waals surface area (Å²) in [5, 5.41) is 12.8. The van der Waals surface area contributed by atoms with Gasteiger partial charge >= 0.3 is 12.1 Å². The fraction of sp³-hybridized carbons (Fsp3) is 0.273. The lowest BCUT2D eigenvalue weighted by Crippen LogP contribution is -2.33.